The van der Waals surface area contributed by atoms with E-state index in [1.807, 2.05) is 46.2 Å². The first-order valence-electron chi connectivity index (χ1n) is 13.8. The molecule has 3 aliphatic rings. The van der Waals surface area contributed by atoms with Crippen LogP contribution < -0.4 is 16.0 Å². The van der Waals surface area contributed by atoms with Gasteiger partial charge >= 0.3 is 0 Å². The Morgan fingerprint density at radius 2 is 1.92 bits per heavy atom. The Labute approximate surface area is 225 Å². The molecule has 2 fully saturated rings. The molecule has 1 unspecified atom stereocenters. The van der Waals surface area contributed by atoms with Gasteiger partial charge in [0.15, 0.2) is 0 Å². The third-order valence-electron chi connectivity index (χ3n) is 7.63. The Hall–Kier alpha value is -3.17. The van der Waals surface area contributed by atoms with Crippen LogP contribution in [-0.4, -0.2) is 79.3 Å². The SMILES string of the molecule is Cc1[nH]c(C=C2C(=O)NC3=CC=C(NC(=O)CCN4CCCCC4)CC32)c(C)c1C(=O)NCCCN(C)C. The maximum absolute atomic E-state index is 12.9. The summed E-state index contributed by atoms with van der Waals surface area (Å²) in [6, 6.07) is 0. The minimum atomic E-state index is -0.156. The molecule has 2 aliphatic heterocycles. The van der Waals surface area contributed by atoms with Gasteiger partial charge in [-0.2, -0.15) is 0 Å². The van der Waals surface area contributed by atoms with Crippen molar-refractivity contribution in [2.75, 3.05) is 46.8 Å². The zero-order chi connectivity index (χ0) is 27.2. The van der Waals surface area contributed by atoms with Crippen LogP contribution in [-0.2, 0) is 9.59 Å². The number of fused-ring (bicyclic) bond motifs is 1. The number of rotatable bonds is 10. The molecule has 2 saturated heterocycles. The molecule has 4 N–H and O–H groups in total. The molecule has 4 rings (SSSR count). The maximum Gasteiger partial charge on any atom is 0.253 e. The molecule has 38 heavy (non-hydrogen) atoms. The normalized spacial score (nSPS) is 20.7. The number of nitrogens with one attached hydrogen (secondary N) is 4. The molecule has 0 spiro atoms. The first-order valence-corrected chi connectivity index (χ1v) is 13.8. The number of amides is 3. The highest BCUT2D eigenvalue weighted by atomic mass is 16.2. The number of aryl methyl sites for hydroxylation is 1. The Morgan fingerprint density at radius 1 is 1.16 bits per heavy atom. The molecule has 3 heterocycles. The number of hydrogen-bond donors (Lipinski definition) is 4. The van der Waals surface area contributed by atoms with Crippen molar-refractivity contribution in [2.45, 2.75) is 52.4 Å². The number of nitrogens with zero attached hydrogens (tertiary/aromatic N) is 2. The van der Waals surface area contributed by atoms with Gasteiger partial charge in [0.1, 0.15) is 0 Å². The first-order chi connectivity index (χ1) is 18.2. The summed E-state index contributed by atoms with van der Waals surface area (Å²) >= 11 is 0. The Morgan fingerprint density at radius 3 is 2.66 bits per heavy atom. The van der Waals surface area contributed by atoms with Crippen molar-refractivity contribution in [3.8, 4) is 0 Å². The second kappa shape index (κ2) is 12.6. The lowest BCUT2D eigenvalue weighted by molar-refractivity contribution is -0.120. The number of allylic oxidation sites excluding steroid dienone is 4. The van der Waals surface area contributed by atoms with Crippen molar-refractivity contribution in [2.24, 2.45) is 5.92 Å². The fourth-order valence-corrected chi connectivity index (χ4v) is 5.52. The van der Waals surface area contributed by atoms with Crippen molar-refractivity contribution in [3.63, 3.8) is 0 Å². The first kappa shape index (κ1) is 27.9. The molecular weight excluding hydrogens is 480 g/mol. The Kier molecular flexibility index (Phi) is 9.22. The van der Waals surface area contributed by atoms with E-state index in [4.69, 9.17) is 0 Å². The molecule has 1 aromatic heterocycles. The monoisotopic (exact) mass is 522 g/mol. The molecule has 1 atom stereocenters. The van der Waals surface area contributed by atoms with Crippen molar-refractivity contribution in [1.29, 1.82) is 0 Å². The van der Waals surface area contributed by atoms with E-state index in [1.165, 1.54) is 19.3 Å². The van der Waals surface area contributed by atoms with Crippen LogP contribution in [0.3, 0.4) is 0 Å². The van der Waals surface area contributed by atoms with Crippen molar-refractivity contribution < 1.29 is 14.4 Å². The number of likely N-dealkylation sites (tertiary alicyclic amines) is 1. The van der Waals surface area contributed by atoms with Gasteiger partial charge in [-0.1, -0.05) is 6.42 Å². The average Bonchev–Trinajstić information content (AvgIpc) is 3.35. The van der Waals surface area contributed by atoms with Gasteiger partial charge in [0.25, 0.3) is 11.8 Å². The fraction of sp³-hybridized carbons (Fsp3) is 0.552. The summed E-state index contributed by atoms with van der Waals surface area (Å²) in [6.45, 7) is 8.23. The molecule has 9 heteroatoms. The van der Waals surface area contributed by atoms with E-state index < -0.39 is 0 Å². The van der Waals surface area contributed by atoms with Crippen LogP contribution in [0.15, 0.2) is 29.1 Å². The zero-order valence-electron chi connectivity index (χ0n) is 23.2. The predicted octanol–water partition coefficient (Wildman–Crippen LogP) is 2.61. The topological polar surface area (TPSA) is 110 Å². The molecular formula is C29H42N6O3. The molecule has 1 aromatic rings. The van der Waals surface area contributed by atoms with Gasteiger partial charge in [-0.15, -0.1) is 0 Å². The minimum Gasteiger partial charge on any atom is -0.358 e. The molecule has 0 aromatic carbocycles. The number of aromatic amines is 1. The maximum atomic E-state index is 12.9. The Balaban J connectivity index is 1.40. The fourth-order valence-electron chi connectivity index (χ4n) is 5.52. The van der Waals surface area contributed by atoms with Crippen LogP contribution in [0.25, 0.3) is 6.08 Å². The molecule has 1 aliphatic carbocycles. The van der Waals surface area contributed by atoms with Crippen LogP contribution >= 0.6 is 0 Å². The van der Waals surface area contributed by atoms with Crippen LogP contribution in [0.4, 0.5) is 0 Å². The quantitative estimate of drug-likeness (QED) is 0.279. The summed E-state index contributed by atoms with van der Waals surface area (Å²) in [5.41, 5.74) is 5.28. The van der Waals surface area contributed by atoms with Gasteiger partial charge in [0, 0.05) is 60.2 Å². The molecule has 206 valence electrons. The average molecular weight is 523 g/mol. The number of carbonyl (C=O) groups excluding carboxylic acids is 3. The van der Waals surface area contributed by atoms with Gasteiger partial charge in [0.05, 0.1) is 5.56 Å². The van der Waals surface area contributed by atoms with E-state index in [9.17, 15) is 14.4 Å². The third-order valence-corrected chi connectivity index (χ3v) is 7.63. The van der Waals surface area contributed by atoms with E-state index in [0.29, 0.717) is 30.5 Å². The Bertz CT molecular complexity index is 1150. The number of hydrogen-bond acceptors (Lipinski definition) is 5. The summed E-state index contributed by atoms with van der Waals surface area (Å²) in [7, 11) is 4.02. The van der Waals surface area contributed by atoms with Gasteiger partial charge in [-0.05, 0) is 90.6 Å². The van der Waals surface area contributed by atoms with Gasteiger partial charge in [0.2, 0.25) is 5.91 Å². The number of H-pyrrole nitrogens is 1. The van der Waals surface area contributed by atoms with Crippen molar-refractivity contribution in [1.82, 2.24) is 30.7 Å². The number of aromatic nitrogens is 1. The van der Waals surface area contributed by atoms with E-state index >= 15 is 0 Å². The third kappa shape index (κ3) is 6.82. The molecule has 0 saturated carbocycles. The smallest absolute Gasteiger partial charge is 0.253 e. The molecule has 0 radical (unpaired) electrons. The van der Waals surface area contributed by atoms with Crippen LogP contribution in [0.5, 0.6) is 0 Å². The highest BCUT2D eigenvalue weighted by Gasteiger charge is 2.35. The summed E-state index contributed by atoms with van der Waals surface area (Å²) in [5, 5.41) is 9.04. The van der Waals surface area contributed by atoms with Crippen LogP contribution in [0.2, 0.25) is 0 Å². The summed E-state index contributed by atoms with van der Waals surface area (Å²) in [4.78, 5) is 46.1. The second-order valence-corrected chi connectivity index (χ2v) is 10.9. The highest BCUT2D eigenvalue weighted by molar-refractivity contribution is 6.04. The van der Waals surface area contributed by atoms with E-state index in [2.05, 4.69) is 30.7 Å². The van der Waals surface area contributed by atoms with Crippen molar-refractivity contribution in [3.05, 3.63) is 51.6 Å². The zero-order valence-corrected chi connectivity index (χ0v) is 23.2. The standard InChI is InChI=1S/C29H42N6O3/c1-19-25(31-20(2)27(19)29(38)30-12-8-13-34(3)4)18-23-22-17-21(9-10-24(22)33-28(23)37)32-26(36)11-16-35-14-6-5-7-15-35/h9-10,18,22,31H,5-8,11-17H2,1-4H3,(H,30,38)(H,32,36)(H,33,37). The van der Waals surface area contributed by atoms with Gasteiger partial charge in [-0.3, -0.25) is 14.4 Å². The van der Waals surface area contributed by atoms with Gasteiger partial charge < -0.3 is 30.7 Å². The summed E-state index contributed by atoms with van der Waals surface area (Å²) in [6.07, 6.45) is 11.2. The largest absolute Gasteiger partial charge is 0.358 e. The van der Waals surface area contributed by atoms with Crippen molar-refractivity contribution >= 4 is 23.8 Å². The summed E-state index contributed by atoms with van der Waals surface area (Å²) < 4.78 is 0. The second-order valence-electron chi connectivity index (χ2n) is 10.9. The number of piperidine rings is 1. The van der Waals surface area contributed by atoms with E-state index in [1.54, 1.807) is 0 Å². The van der Waals surface area contributed by atoms with E-state index in [-0.39, 0.29) is 23.6 Å². The number of carbonyl (C=O) groups is 3. The van der Waals surface area contributed by atoms with E-state index in [0.717, 1.165) is 60.9 Å². The highest BCUT2D eigenvalue weighted by Crippen LogP contribution is 2.36. The van der Waals surface area contributed by atoms with Gasteiger partial charge in [-0.25, -0.2) is 0 Å². The lowest BCUT2D eigenvalue weighted by Gasteiger charge is -2.26. The predicted molar refractivity (Wildman–Crippen MR) is 149 cm³/mol. The molecule has 9 nitrogen and oxygen atoms in total. The lowest BCUT2D eigenvalue weighted by Crippen LogP contribution is -2.34. The lowest BCUT2D eigenvalue weighted by atomic mass is 9.89. The van der Waals surface area contributed by atoms with Crippen LogP contribution in [0, 0.1) is 19.8 Å². The van der Waals surface area contributed by atoms with Crippen LogP contribution in [0.1, 0.15) is 65.8 Å². The molecule has 0 bridgehead atoms. The molecule has 3 amide bonds. The summed E-state index contributed by atoms with van der Waals surface area (Å²) in [5.74, 6) is -0.394. The minimum absolute atomic E-state index is 0.0126.